The zero-order valence-corrected chi connectivity index (χ0v) is 12.8. The monoisotopic (exact) mass is 310 g/mol. The molecule has 0 radical (unpaired) electrons. The van der Waals surface area contributed by atoms with E-state index in [1.54, 1.807) is 25.3 Å². The van der Waals surface area contributed by atoms with Crippen molar-refractivity contribution in [2.24, 2.45) is 0 Å². The van der Waals surface area contributed by atoms with Gasteiger partial charge in [0.25, 0.3) is 0 Å². The lowest BCUT2D eigenvalue weighted by Gasteiger charge is -2.11. The molecule has 0 atom stereocenters. The van der Waals surface area contributed by atoms with E-state index in [-0.39, 0.29) is 19.1 Å². The lowest BCUT2D eigenvalue weighted by Crippen LogP contribution is -2.18. The third-order valence-corrected chi connectivity index (χ3v) is 3.73. The zero-order valence-electron chi connectivity index (χ0n) is 12.8. The minimum Gasteiger partial charge on any atom is -0.496 e. The molecule has 0 aliphatic heterocycles. The van der Waals surface area contributed by atoms with Crippen LogP contribution < -0.4 is 10.1 Å². The van der Waals surface area contributed by atoms with Crippen molar-refractivity contribution in [2.45, 2.75) is 13.2 Å². The van der Waals surface area contributed by atoms with Gasteiger partial charge in [-0.2, -0.15) is 0 Å². The second-order valence-corrected chi connectivity index (χ2v) is 5.24. The topological polar surface area (TPSA) is 63.5 Å². The predicted molar refractivity (Wildman–Crippen MR) is 89.5 cm³/mol. The molecule has 0 fully saturated rings. The average Bonchev–Trinajstić information content (AvgIpc) is 2.97. The van der Waals surface area contributed by atoms with Crippen LogP contribution in [-0.2, 0) is 17.9 Å². The van der Waals surface area contributed by atoms with Gasteiger partial charge in [0.2, 0.25) is 5.91 Å². The van der Waals surface area contributed by atoms with Crippen molar-refractivity contribution in [3.05, 3.63) is 60.3 Å². The average molecular weight is 310 g/mol. The molecule has 3 aromatic rings. The standard InChI is InChI=1S/C18H18N2O3/c1-23-17-7-6-15(10-14(17)12-21)19-18(22)11-20-9-8-13-4-2-3-5-16(13)20/h2-10,21H,11-12H2,1H3,(H,19,22). The van der Waals surface area contributed by atoms with E-state index in [2.05, 4.69) is 5.32 Å². The summed E-state index contributed by atoms with van der Waals surface area (Å²) in [6.07, 6.45) is 1.90. The number of amides is 1. The number of aromatic nitrogens is 1. The van der Waals surface area contributed by atoms with Gasteiger partial charge >= 0.3 is 0 Å². The van der Waals surface area contributed by atoms with Crippen LogP contribution in [0, 0.1) is 0 Å². The van der Waals surface area contributed by atoms with Gasteiger partial charge in [-0.15, -0.1) is 0 Å². The fraction of sp³-hybridized carbons (Fsp3) is 0.167. The lowest BCUT2D eigenvalue weighted by molar-refractivity contribution is -0.116. The van der Waals surface area contributed by atoms with Crippen molar-refractivity contribution in [3.8, 4) is 5.75 Å². The van der Waals surface area contributed by atoms with E-state index in [1.165, 1.54) is 0 Å². The molecule has 1 amide bonds. The minimum absolute atomic E-state index is 0.125. The van der Waals surface area contributed by atoms with Crippen LogP contribution in [0.2, 0.25) is 0 Å². The molecular weight excluding hydrogens is 292 g/mol. The number of carbonyl (C=O) groups excluding carboxylic acids is 1. The van der Waals surface area contributed by atoms with Crippen LogP contribution in [0.3, 0.4) is 0 Å². The summed E-state index contributed by atoms with van der Waals surface area (Å²) in [5.41, 5.74) is 2.29. The Morgan fingerprint density at radius 1 is 1.22 bits per heavy atom. The first kappa shape index (κ1) is 15.1. The van der Waals surface area contributed by atoms with Gasteiger partial charge in [0.15, 0.2) is 0 Å². The molecule has 0 saturated carbocycles. The molecule has 0 aliphatic rings. The van der Waals surface area contributed by atoms with Crippen LogP contribution in [0.4, 0.5) is 5.69 Å². The third-order valence-electron chi connectivity index (χ3n) is 3.73. The molecule has 0 unspecified atom stereocenters. The van der Waals surface area contributed by atoms with Crippen molar-refractivity contribution in [1.29, 1.82) is 0 Å². The number of hydrogen-bond donors (Lipinski definition) is 2. The number of para-hydroxylation sites is 1. The van der Waals surface area contributed by atoms with Gasteiger partial charge in [0, 0.05) is 23.0 Å². The Morgan fingerprint density at radius 3 is 2.83 bits per heavy atom. The van der Waals surface area contributed by atoms with Gasteiger partial charge in [0.05, 0.1) is 13.7 Å². The summed E-state index contributed by atoms with van der Waals surface area (Å²) in [7, 11) is 1.55. The number of aliphatic hydroxyl groups excluding tert-OH is 1. The highest BCUT2D eigenvalue weighted by molar-refractivity contribution is 5.92. The van der Waals surface area contributed by atoms with E-state index in [4.69, 9.17) is 4.74 Å². The number of rotatable bonds is 5. The number of hydrogen-bond acceptors (Lipinski definition) is 3. The summed E-state index contributed by atoms with van der Waals surface area (Å²) in [5.74, 6) is 0.474. The summed E-state index contributed by atoms with van der Waals surface area (Å²) >= 11 is 0. The number of nitrogens with one attached hydrogen (secondary N) is 1. The van der Waals surface area contributed by atoms with Gasteiger partial charge in [-0.05, 0) is 35.7 Å². The summed E-state index contributed by atoms with van der Waals surface area (Å²) in [4.78, 5) is 12.3. The van der Waals surface area contributed by atoms with Crippen molar-refractivity contribution in [3.63, 3.8) is 0 Å². The number of benzene rings is 2. The smallest absolute Gasteiger partial charge is 0.244 e. The lowest BCUT2D eigenvalue weighted by atomic mass is 10.2. The minimum atomic E-state index is -0.144. The molecule has 23 heavy (non-hydrogen) atoms. The Morgan fingerprint density at radius 2 is 2.04 bits per heavy atom. The van der Waals surface area contributed by atoms with Crippen molar-refractivity contribution in [2.75, 3.05) is 12.4 Å². The van der Waals surface area contributed by atoms with Gasteiger partial charge in [-0.1, -0.05) is 18.2 Å². The molecule has 0 bridgehead atoms. The molecule has 3 rings (SSSR count). The first-order chi connectivity index (χ1) is 11.2. The van der Waals surface area contributed by atoms with Gasteiger partial charge < -0.3 is 19.7 Å². The fourth-order valence-electron chi connectivity index (χ4n) is 2.61. The number of anilines is 1. The Hall–Kier alpha value is -2.79. The van der Waals surface area contributed by atoms with Crippen molar-refractivity contribution < 1.29 is 14.6 Å². The Labute approximate surface area is 134 Å². The Balaban J connectivity index is 1.74. The van der Waals surface area contributed by atoms with Crippen molar-refractivity contribution in [1.82, 2.24) is 4.57 Å². The number of fused-ring (bicyclic) bond motifs is 1. The molecule has 0 saturated heterocycles. The molecule has 5 nitrogen and oxygen atoms in total. The van der Waals surface area contributed by atoms with Gasteiger partial charge in [-0.3, -0.25) is 4.79 Å². The summed E-state index contributed by atoms with van der Waals surface area (Å²) < 4.78 is 7.06. The number of aliphatic hydroxyl groups is 1. The number of carbonyl (C=O) groups is 1. The molecular formula is C18H18N2O3. The quantitative estimate of drug-likeness (QED) is 0.761. The molecule has 2 N–H and O–H groups in total. The van der Waals surface area contributed by atoms with Gasteiger partial charge in [-0.25, -0.2) is 0 Å². The fourth-order valence-corrected chi connectivity index (χ4v) is 2.61. The van der Waals surface area contributed by atoms with Crippen LogP contribution in [0.25, 0.3) is 10.9 Å². The molecule has 1 heterocycles. The van der Waals surface area contributed by atoms with Crippen LogP contribution in [0.5, 0.6) is 5.75 Å². The Bertz CT molecular complexity index is 839. The SMILES string of the molecule is COc1ccc(NC(=O)Cn2ccc3ccccc32)cc1CO. The number of nitrogens with zero attached hydrogens (tertiary/aromatic N) is 1. The molecule has 2 aromatic carbocycles. The third kappa shape index (κ3) is 3.19. The van der Waals surface area contributed by atoms with E-state index in [9.17, 15) is 9.90 Å². The number of ether oxygens (including phenoxy) is 1. The van der Waals surface area contributed by atoms with E-state index >= 15 is 0 Å². The van der Waals surface area contributed by atoms with E-state index in [0.29, 0.717) is 17.0 Å². The second-order valence-electron chi connectivity index (χ2n) is 5.24. The molecule has 118 valence electrons. The highest BCUT2D eigenvalue weighted by Gasteiger charge is 2.08. The maximum atomic E-state index is 12.3. The van der Waals surface area contributed by atoms with Crippen molar-refractivity contribution >= 4 is 22.5 Å². The van der Waals surface area contributed by atoms with Crippen LogP contribution >= 0.6 is 0 Å². The van der Waals surface area contributed by atoms with Crippen LogP contribution in [0.1, 0.15) is 5.56 Å². The van der Waals surface area contributed by atoms with E-state index < -0.39 is 0 Å². The van der Waals surface area contributed by atoms with E-state index in [1.807, 2.05) is 41.1 Å². The highest BCUT2D eigenvalue weighted by atomic mass is 16.5. The molecule has 5 heteroatoms. The zero-order chi connectivity index (χ0) is 16.2. The molecule has 0 aliphatic carbocycles. The Kier molecular flexibility index (Phi) is 4.30. The first-order valence-corrected chi connectivity index (χ1v) is 7.33. The maximum absolute atomic E-state index is 12.3. The normalized spacial score (nSPS) is 10.7. The summed E-state index contributed by atoms with van der Waals surface area (Å²) in [5, 5.41) is 13.3. The molecule has 1 aromatic heterocycles. The summed E-state index contributed by atoms with van der Waals surface area (Å²) in [6.45, 7) is 0.0864. The largest absolute Gasteiger partial charge is 0.496 e. The highest BCUT2D eigenvalue weighted by Crippen LogP contribution is 2.22. The second kappa shape index (κ2) is 6.54. The molecule has 0 spiro atoms. The van der Waals surface area contributed by atoms with E-state index in [0.717, 1.165) is 10.9 Å². The van der Waals surface area contributed by atoms with Gasteiger partial charge in [0.1, 0.15) is 12.3 Å². The number of methoxy groups -OCH3 is 1. The summed E-state index contributed by atoms with van der Waals surface area (Å²) in [6, 6.07) is 15.1. The van der Waals surface area contributed by atoms with Crippen LogP contribution in [0.15, 0.2) is 54.7 Å². The first-order valence-electron chi connectivity index (χ1n) is 7.33. The maximum Gasteiger partial charge on any atom is 0.244 e. The van der Waals surface area contributed by atoms with Crippen LogP contribution in [-0.4, -0.2) is 22.7 Å². The predicted octanol–water partition coefficient (Wildman–Crippen LogP) is 2.78.